The van der Waals surface area contributed by atoms with E-state index in [9.17, 15) is 9.59 Å². The number of carbonyl (C=O) groups is 2. The number of aryl methyl sites for hydroxylation is 1. The van der Waals surface area contributed by atoms with Crippen molar-refractivity contribution in [2.24, 2.45) is 0 Å². The lowest BCUT2D eigenvalue weighted by Crippen LogP contribution is -2.30. The second kappa shape index (κ2) is 9.14. The summed E-state index contributed by atoms with van der Waals surface area (Å²) in [7, 11) is 1.69. The number of hydrogen-bond donors (Lipinski definition) is 0. The molecule has 7 heteroatoms. The number of hydrogen-bond acceptors (Lipinski definition) is 6. The molecule has 0 atom stereocenters. The smallest absolute Gasteiger partial charge is 0.306 e. The Balaban J connectivity index is 1.41. The SMILES string of the molecule is CN(Cc1cccs1)C(=O)COC(=O)CCc1ncc(-c2ccccc2)o1. The van der Waals surface area contributed by atoms with Gasteiger partial charge in [0.1, 0.15) is 0 Å². The molecule has 2 heterocycles. The zero-order chi connectivity index (χ0) is 19.1. The van der Waals surface area contributed by atoms with Gasteiger partial charge in [0.25, 0.3) is 5.91 Å². The number of esters is 1. The summed E-state index contributed by atoms with van der Waals surface area (Å²) in [5.74, 6) is 0.433. The molecule has 27 heavy (non-hydrogen) atoms. The summed E-state index contributed by atoms with van der Waals surface area (Å²) in [4.78, 5) is 30.7. The Hall–Kier alpha value is -2.93. The number of thiophene rings is 1. The van der Waals surface area contributed by atoms with E-state index >= 15 is 0 Å². The quantitative estimate of drug-likeness (QED) is 0.556. The predicted octanol–water partition coefficient (Wildman–Crippen LogP) is 3.54. The number of benzene rings is 1. The number of amides is 1. The highest BCUT2D eigenvalue weighted by Gasteiger charge is 2.14. The molecular weight excluding hydrogens is 364 g/mol. The molecule has 140 valence electrons. The van der Waals surface area contributed by atoms with Crippen LogP contribution in [0.1, 0.15) is 17.2 Å². The third kappa shape index (κ3) is 5.52. The lowest BCUT2D eigenvalue weighted by Gasteiger charge is -2.16. The fourth-order valence-electron chi connectivity index (χ4n) is 2.42. The monoisotopic (exact) mass is 384 g/mol. The molecular formula is C20H20N2O4S. The molecule has 3 rings (SSSR count). The van der Waals surface area contributed by atoms with Crippen LogP contribution >= 0.6 is 11.3 Å². The van der Waals surface area contributed by atoms with Crippen molar-refractivity contribution in [3.63, 3.8) is 0 Å². The fourth-order valence-corrected chi connectivity index (χ4v) is 3.18. The lowest BCUT2D eigenvalue weighted by molar-refractivity contribution is -0.151. The van der Waals surface area contributed by atoms with Crippen molar-refractivity contribution in [1.29, 1.82) is 0 Å². The number of nitrogens with zero attached hydrogens (tertiary/aromatic N) is 2. The van der Waals surface area contributed by atoms with Crippen LogP contribution < -0.4 is 0 Å². The molecule has 0 fully saturated rings. The first kappa shape index (κ1) is 18.8. The van der Waals surface area contributed by atoms with Gasteiger partial charge in [-0.15, -0.1) is 11.3 Å². The molecule has 3 aromatic rings. The molecule has 0 aliphatic rings. The van der Waals surface area contributed by atoms with Crippen LogP contribution in [0.25, 0.3) is 11.3 Å². The number of rotatable bonds is 8. The molecule has 0 saturated heterocycles. The van der Waals surface area contributed by atoms with Gasteiger partial charge >= 0.3 is 5.97 Å². The van der Waals surface area contributed by atoms with Crippen LogP contribution in [0.2, 0.25) is 0 Å². The summed E-state index contributed by atoms with van der Waals surface area (Å²) in [6, 6.07) is 13.5. The van der Waals surface area contributed by atoms with Crippen molar-refractivity contribution in [3.05, 3.63) is 64.8 Å². The molecule has 0 radical (unpaired) electrons. The highest BCUT2D eigenvalue weighted by Crippen LogP contribution is 2.20. The average molecular weight is 384 g/mol. The van der Waals surface area contributed by atoms with Crippen LogP contribution in [0, 0.1) is 0 Å². The minimum atomic E-state index is -0.452. The maximum absolute atomic E-state index is 12.0. The van der Waals surface area contributed by atoms with E-state index in [4.69, 9.17) is 9.15 Å². The van der Waals surface area contributed by atoms with Crippen molar-refractivity contribution < 1.29 is 18.7 Å². The van der Waals surface area contributed by atoms with E-state index in [1.807, 2.05) is 47.8 Å². The topological polar surface area (TPSA) is 72.6 Å². The van der Waals surface area contributed by atoms with Crippen LogP contribution in [-0.2, 0) is 27.3 Å². The summed E-state index contributed by atoms with van der Waals surface area (Å²) >= 11 is 1.58. The van der Waals surface area contributed by atoms with E-state index in [-0.39, 0.29) is 18.9 Å². The van der Waals surface area contributed by atoms with Gasteiger partial charge in [0.2, 0.25) is 0 Å². The first-order valence-corrected chi connectivity index (χ1v) is 9.42. The second-order valence-electron chi connectivity index (χ2n) is 5.97. The van der Waals surface area contributed by atoms with E-state index in [2.05, 4.69) is 4.98 Å². The van der Waals surface area contributed by atoms with Gasteiger partial charge in [-0.25, -0.2) is 4.98 Å². The average Bonchev–Trinajstić information content (AvgIpc) is 3.37. The van der Waals surface area contributed by atoms with Gasteiger partial charge in [0.05, 0.1) is 19.2 Å². The first-order valence-electron chi connectivity index (χ1n) is 8.54. The molecule has 1 aromatic carbocycles. The van der Waals surface area contributed by atoms with Gasteiger partial charge in [0, 0.05) is 23.9 Å². The number of likely N-dealkylation sites (N-methyl/N-ethyl adjacent to an activating group) is 1. The Morgan fingerprint density at radius 1 is 1.19 bits per heavy atom. The van der Waals surface area contributed by atoms with Gasteiger partial charge in [-0.3, -0.25) is 9.59 Å². The van der Waals surface area contributed by atoms with Crippen LogP contribution in [0.4, 0.5) is 0 Å². The Kier molecular flexibility index (Phi) is 6.38. The first-order chi connectivity index (χ1) is 13.1. The fraction of sp³-hybridized carbons (Fsp3) is 0.250. The van der Waals surface area contributed by atoms with Crippen molar-refractivity contribution in [2.45, 2.75) is 19.4 Å². The Morgan fingerprint density at radius 2 is 2.00 bits per heavy atom. The van der Waals surface area contributed by atoms with E-state index in [0.29, 0.717) is 24.6 Å². The maximum Gasteiger partial charge on any atom is 0.306 e. The van der Waals surface area contributed by atoms with E-state index in [0.717, 1.165) is 10.4 Å². The van der Waals surface area contributed by atoms with E-state index < -0.39 is 5.97 Å². The van der Waals surface area contributed by atoms with Crippen LogP contribution in [0.3, 0.4) is 0 Å². The number of ether oxygens (including phenoxy) is 1. The minimum absolute atomic E-state index is 0.108. The maximum atomic E-state index is 12.0. The van der Waals surface area contributed by atoms with Crippen molar-refractivity contribution in [1.82, 2.24) is 9.88 Å². The zero-order valence-corrected chi connectivity index (χ0v) is 15.8. The summed E-state index contributed by atoms with van der Waals surface area (Å²) in [5, 5.41) is 1.96. The van der Waals surface area contributed by atoms with Gasteiger partial charge < -0.3 is 14.1 Å². The van der Waals surface area contributed by atoms with Crippen molar-refractivity contribution in [3.8, 4) is 11.3 Å². The molecule has 0 spiro atoms. The third-order valence-corrected chi connectivity index (χ3v) is 4.77. The van der Waals surface area contributed by atoms with Crippen LogP contribution in [0.15, 0.2) is 58.5 Å². The zero-order valence-electron chi connectivity index (χ0n) is 15.0. The molecule has 0 unspecified atom stereocenters. The van der Waals surface area contributed by atoms with Crippen molar-refractivity contribution in [2.75, 3.05) is 13.7 Å². The number of aromatic nitrogens is 1. The molecule has 1 amide bonds. The van der Waals surface area contributed by atoms with Gasteiger partial charge in [-0.2, -0.15) is 0 Å². The number of carbonyl (C=O) groups excluding carboxylic acids is 2. The summed E-state index contributed by atoms with van der Waals surface area (Å²) in [5.41, 5.74) is 0.929. The Bertz CT molecular complexity index is 875. The standard InChI is InChI=1S/C20H20N2O4S/c1-22(13-16-8-5-11-27-16)19(23)14-25-20(24)10-9-18-21-12-17(26-18)15-6-3-2-4-7-15/h2-8,11-12H,9-10,13-14H2,1H3. The van der Waals surface area contributed by atoms with E-state index in [1.54, 1.807) is 29.5 Å². The van der Waals surface area contributed by atoms with Crippen LogP contribution in [-0.4, -0.2) is 35.4 Å². The van der Waals surface area contributed by atoms with Gasteiger partial charge in [-0.05, 0) is 11.4 Å². The summed E-state index contributed by atoms with van der Waals surface area (Å²) < 4.78 is 10.7. The largest absolute Gasteiger partial charge is 0.456 e. The molecule has 0 aliphatic heterocycles. The van der Waals surface area contributed by atoms with Gasteiger partial charge in [-0.1, -0.05) is 36.4 Å². The Labute approximate surface area is 161 Å². The molecule has 0 N–H and O–H groups in total. The molecule has 0 saturated carbocycles. The predicted molar refractivity (Wildman–Crippen MR) is 102 cm³/mol. The highest BCUT2D eigenvalue weighted by molar-refractivity contribution is 7.09. The number of oxazole rings is 1. The Morgan fingerprint density at radius 3 is 2.74 bits per heavy atom. The van der Waals surface area contributed by atoms with Crippen LogP contribution in [0.5, 0.6) is 0 Å². The highest BCUT2D eigenvalue weighted by atomic mass is 32.1. The van der Waals surface area contributed by atoms with E-state index in [1.165, 1.54) is 0 Å². The summed E-state index contributed by atoms with van der Waals surface area (Å²) in [6.07, 6.45) is 2.07. The minimum Gasteiger partial charge on any atom is -0.456 e. The molecule has 6 nitrogen and oxygen atoms in total. The molecule has 0 aliphatic carbocycles. The molecule has 0 bridgehead atoms. The molecule has 2 aromatic heterocycles. The normalized spacial score (nSPS) is 10.6. The van der Waals surface area contributed by atoms with Gasteiger partial charge in [0.15, 0.2) is 18.3 Å². The lowest BCUT2D eigenvalue weighted by atomic mass is 10.2. The second-order valence-corrected chi connectivity index (χ2v) is 7.01. The summed E-state index contributed by atoms with van der Waals surface area (Å²) in [6.45, 7) is 0.244. The third-order valence-electron chi connectivity index (χ3n) is 3.91. The van der Waals surface area contributed by atoms with Crippen molar-refractivity contribution >= 4 is 23.2 Å².